The van der Waals surface area contributed by atoms with Crippen molar-refractivity contribution in [3.63, 3.8) is 0 Å². The molecule has 10 heteroatoms. The Balaban J connectivity index is 1.48. The molecular formula is C30H28FN5O3S. The van der Waals surface area contributed by atoms with Crippen LogP contribution in [0.3, 0.4) is 0 Å². The Hall–Kier alpha value is -4.57. The molecule has 2 atom stereocenters. The van der Waals surface area contributed by atoms with Crippen LogP contribution in [0.4, 0.5) is 10.1 Å². The lowest BCUT2D eigenvalue weighted by atomic mass is 9.96. The van der Waals surface area contributed by atoms with Crippen molar-refractivity contribution in [2.24, 2.45) is 0 Å². The highest BCUT2D eigenvalue weighted by molar-refractivity contribution is 7.80. The van der Waals surface area contributed by atoms with Gasteiger partial charge in [-0.05, 0) is 92.3 Å². The lowest BCUT2D eigenvalue weighted by Gasteiger charge is -2.28. The number of aryl methyl sites for hydroxylation is 1. The van der Waals surface area contributed by atoms with E-state index in [9.17, 15) is 19.1 Å². The number of aromatic carboxylic acids is 1. The first kappa shape index (κ1) is 27.0. The average Bonchev–Trinajstić information content (AvgIpc) is 3.43. The number of pyridine rings is 1. The minimum Gasteiger partial charge on any atom is -0.478 e. The van der Waals surface area contributed by atoms with E-state index in [0.717, 1.165) is 28.3 Å². The van der Waals surface area contributed by atoms with Crippen molar-refractivity contribution in [3.8, 4) is 5.69 Å². The van der Waals surface area contributed by atoms with Gasteiger partial charge in [-0.15, -0.1) is 0 Å². The van der Waals surface area contributed by atoms with Gasteiger partial charge in [-0.2, -0.15) is 0 Å². The van der Waals surface area contributed by atoms with Crippen molar-refractivity contribution in [3.05, 3.63) is 113 Å². The van der Waals surface area contributed by atoms with Gasteiger partial charge in [0.2, 0.25) is 5.91 Å². The van der Waals surface area contributed by atoms with Gasteiger partial charge in [-0.3, -0.25) is 9.78 Å². The number of benzene rings is 2. The van der Waals surface area contributed by atoms with Crippen LogP contribution < -0.4 is 10.6 Å². The van der Waals surface area contributed by atoms with Crippen molar-refractivity contribution in [2.75, 3.05) is 11.9 Å². The Labute approximate surface area is 236 Å². The van der Waals surface area contributed by atoms with Gasteiger partial charge in [0.15, 0.2) is 5.11 Å². The number of halogens is 1. The number of carboxylic acids is 1. The van der Waals surface area contributed by atoms with Crippen LogP contribution in [0.15, 0.2) is 79.0 Å². The Morgan fingerprint density at radius 1 is 1.07 bits per heavy atom. The Bertz CT molecular complexity index is 1570. The van der Waals surface area contributed by atoms with Gasteiger partial charge in [0, 0.05) is 41.9 Å². The predicted molar refractivity (Wildman–Crippen MR) is 154 cm³/mol. The lowest BCUT2D eigenvalue weighted by Crippen LogP contribution is -2.32. The molecule has 2 aromatic heterocycles. The number of aromatic nitrogens is 2. The maximum Gasteiger partial charge on any atom is 0.335 e. The van der Waals surface area contributed by atoms with Crippen LogP contribution in [0.25, 0.3) is 5.69 Å². The number of anilines is 1. The van der Waals surface area contributed by atoms with Crippen LogP contribution in [0, 0.1) is 19.7 Å². The molecular weight excluding hydrogens is 529 g/mol. The summed E-state index contributed by atoms with van der Waals surface area (Å²) in [4.78, 5) is 31.0. The molecule has 1 aliphatic heterocycles. The van der Waals surface area contributed by atoms with E-state index in [-0.39, 0.29) is 35.8 Å². The Morgan fingerprint density at radius 2 is 1.85 bits per heavy atom. The molecule has 4 aromatic rings. The molecule has 5 rings (SSSR count). The third kappa shape index (κ3) is 5.43. The molecule has 1 aliphatic rings. The smallest absolute Gasteiger partial charge is 0.335 e. The molecule has 2 aromatic carbocycles. The largest absolute Gasteiger partial charge is 0.478 e. The maximum absolute atomic E-state index is 13.3. The van der Waals surface area contributed by atoms with Crippen molar-refractivity contribution < 1.29 is 19.1 Å². The molecule has 0 spiro atoms. The molecule has 0 radical (unpaired) electrons. The monoisotopic (exact) mass is 557 g/mol. The highest BCUT2D eigenvalue weighted by Crippen LogP contribution is 2.41. The number of carbonyl (C=O) groups excluding carboxylic acids is 1. The molecule has 204 valence electrons. The minimum absolute atomic E-state index is 0.157. The first-order valence-corrected chi connectivity index (χ1v) is 13.2. The van der Waals surface area contributed by atoms with E-state index in [1.54, 1.807) is 24.4 Å². The highest BCUT2D eigenvalue weighted by Gasteiger charge is 2.41. The number of nitrogens with zero attached hydrogens (tertiary/aromatic N) is 3. The summed E-state index contributed by atoms with van der Waals surface area (Å²) in [6, 6.07) is 19.7. The zero-order chi connectivity index (χ0) is 28.4. The third-order valence-corrected chi connectivity index (χ3v) is 7.40. The summed E-state index contributed by atoms with van der Waals surface area (Å²) in [7, 11) is 0. The zero-order valence-corrected chi connectivity index (χ0v) is 22.8. The standard InChI is InChI=1S/C30H28FN5O3S/c1-18-16-24(19(2)36(18)23-7-5-6-20(17-23)29(38)39)28-27(25-8-3-4-14-32-25)34-30(40)35(28)15-13-26(37)33-22-11-9-21(31)10-12-22/h3-12,14,16-17,27-28H,13,15H2,1-2H3,(H,33,37)(H,34,40)(H,38,39). The fourth-order valence-corrected chi connectivity index (χ4v) is 5.56. The molecule has 40 heavy (non-hydrogen) atoms. The Kier molecular flexibility index (Phi) is 7.61. The molecule has 8 nitrogen and oxygen atoms in total. The molecule has 3 N–H and O–H groups in total. The maximum atomic E-state index is 13.3. The predicted octanol–water partition coefficient (Wildman–Crippen LogP) is 5.33. The number of hydrogen-bond acceptors (Lipinski definition) is 4. The molecule has 0 saturated carbocycles. The second-order valence-corrected chi connectivity index (χ2v) is 10.0. The van der Waals surface area contributed by atoms with Crippen LogP contribution in [0.1, 0.15) is 51.5 Å². The number of amides is 1. The summed E-state index contributed by atoms with van der Waals surface area (Å²) >= 11 is 5.75. The van der Waals surface area contributed by atoms with E-state index in [0.29, 0.717) is 17.3 Å². The molecule has 1 amide bonds. The molecule has 3 heterocycles. The second kappa shape index (κ2) is 11.3. The van der Waals surface area contributed by atoms with Gasteiger partial charge < -0.3 is 25.2 Å². The van der Waals surface area contributed by atoms with Crippen LogP contribution in [-0.4, -0.2) is 43.1 Å². The van der Waals surface area contributed by atoms with E-state index in [4.69, 9.17) is 12.2 Å². The number of thiocarbonyl (C=S) groups is 1. The quantitative estimate of drug-likeness (QED) is 0.252. The highest BCUT2D eigenvalue weighted by atomic mass is 32.1. The minimum atomic E-state index is -0.991. The number of nitrogens with one attached hydrogen (secondary N) is 2. The van der Waals surface area contributed by atoms with E-state index in [2.05, 4.69) is 21.7 Å². The van der Waals surface area contributed by atoms with E-state index >= 15 is 0 Å². The Morgan fingerprint density at radius 3 is 2.55 bits per heavy atom. The summed E-state index contributed by atoms with van der Waals surface area (Å²) in [5.74, 6) is -1.58. The molecule has 1 fully saturated rings. The molecule has 0 aliphatic carbocycles. The summed E-state index contributed by atoms with van der Waals surface area (Å²) < 4.78 is 15.3. The zero-order valence-electron chi connectivity index (χ0n) is 22.0. The topological polar surface area (TPSA) is 99.5 Å². The summed E-state index contributed by atoms with van der Waals surface area (Å²) in [5.41, 5.74) is 5.12. The van der Waals surface area contributed by atoms with E-state index < -0.39 is 5.97 Å². The van der Waals surface area contributed by atoms with Crippen molar-refractivity contribution in [2.45, 2.75) is 32.4 Å². The van der Waals surface area contributed by atoms with E-state index in [1.165, 1.54) is 24.3 Å². The van der Waals surface area contributed by atoms with Crippen molar-refractivity contribution in [1.29, 1.82) is 0 Å². The van der Waals surface area contributed by atoms with E-state index in [1.807, 2.05) is 47.6 Å². The molecule has 1 saturated heterocycles. The fourth-order valence-electron chi connectivity index (χ4n) is 5.23. The van der Waals surface area contributed by atoms with Gasteiger partial charge in [0.05, 0.1) is 23.3 Å². The lowest BCUT2D eigenvalue weighted by molar-refractivity contribution is -0.116. The normalized spacial score (nSPS) is 16.6. The van der Waals surface area contributed by atoms with Crippen LogP contribution in [0.5, 0.6) is 0 Å². The second-order valence-electron chi connectivity index (χ2n) is 9.64. The number of rotatable bonds is 8. The first-order valence-electron chi connectivity index (χ1n) is 12.8. The first-order chi connectivity index (χ1) is 19.2. The average molecular weight is 558 g/mol. The number of carbonyl (C=O) groups is 2. The van der Waals surface area contributed by atoms with Crippen LogP contribution in [-0.2, 0) is 4.79 Å². The third-order valence-electron chi connectivity index (χ3n) is 7.05. The summed E-state index contributed by atoms with van der Waals surface area (Å²) in [5, 5.41) is 16.2. The molecule has 2 unspecified atom stereocenters. The van der Waals surface area contributed by atoms with Crippen molar-refractivity contribution >= 4 is 34.9 Å². The molecule has 0 bridgehead atoms. The van der Waals surface area contributed by atoms with Gasteiger partial charge in [-0.25, -0.2) is 9.18 Å². The fraction of sp³-hybridized carbons (Fsp3) is 0.200. The number of carboxylic acid groups (broad SMARTS) is 1. The van der Waals surface area contributed by atoms with Gasteiger partial charge in [0.25, 0.3) is 0 Å². The SMILES string of the molecule is Cc1cc(C2C(c3ccccn3)NC(=S)N2CCC(=O)Nc2ccc(F)cc2)c(C)n1-c1cccc(C(=O)O)c1. The number of hydrogen-bond donors (Lipinski definition) is 3. The van der Waals surface area contributed by atoms with Crippen LogP contribution >= 0.6 is 12.2 Å². The van der Waals surface area contributed by atoms with Gasteiger partial charge in [0.1, 0.15) is 5.82 Å². The van der Waals surface area contributed by atoms with Crippen LogP contribution in [0.2, 0.25) is 0 Å². The summed E-state index contributed by atoms with van der Waals surface area (Å²) in [6.45, 7) is 4.30. The summed E-state index contributed by atoms with van der Waals surface area (Å²) in [6.07, 6.45) is 1.89. The van der Waals surface area contributed by atoms with Gasteiger partial charge >= 0.3 is 5.97 Å². The van der Waals surface area contributed by atoms with Crippen molar-refractivity contribution in [1.82, 2.24) is 19.8 Å². The van der Waals surface area contributed by atoms with Gasteiger partial charge in [-0.1, -0.05) is 12.1 Å².